The summed E-state index contributed by atoms with van der Waals surface area (Å²) < 4.78 is 0. The number of likely N-dealkylation sites (tertiary alicyclic amines) is 1. The number of carbonyl (C=O) groups is 1. The smallest absolute Gasteiger partial charge is 0.225 e. The van der Waals surface area contributed by atoms with E-state index in [0.717, 1.165) is 62.2 Å². The van der Waals surface area contributed by atoms with Gasteiger partial charge in [0.05, 0.1) is 0 Å². The number of allylic oxidation sites excluding steroid dienone is 2. The van der Waals surface area contributed by atoms with Crippen LogP contribution >= 0.6 is 0 Å². The Kier molecular flexibility index (Phi) is 7.08. The molecule has 3 rings (SSSR count). The average molecular weight is 368 g/mol. The first-order valence-electron chi connectivity index (χ1n) is 10.4. The van der Waals surface area contributed by atoms with Crippen LogP contribution in [-0.4, -0.2) is 28.9 Å². The van der Waals surface area contributed by atoms with Crippen molar-refractivity contribution in [3.05, 3.63) is 54.0 Å². The standard InChI is InChI=1S/C23H33N3O/c1-18(14-19(2)25-16-20-8-6-12-24-15-20)22-11-7-13-26(17-22)23(27)21-9-4-3-5-10-21/h6,8,12,14-15,21-22,25H,1,3-5,7,9-11,13,16-17H2,2H3/b19-14+. The summed E-state index contributed by atoms with van der Waals surface area (Å²) in [5.41, 5.74) is 3.41. The Morgan fingerprint density at radius 1 is 1.26 bits per heavy atom. The largest absolute Gasteiger partial charge is 0.384 e. The van der Waals surface area contributed by atoms with Gasteiger partial charge in [0.2, 0.25) is 5.91 Å². The molecule has 146 valence electrons. The predicted molar refractivity (Wildman–Crippen MR) is 110 cm³/mol. The second-order valence-electron chi connectivity index (χ2n) is 8.08. The molecule has 1 aliphatic heterocycles. The molecule has 1 saturated heterocycles. The van der Waals surface area contributed by atoms with E-state index < -0.39 is 0 Å². The summed E-state index contributed by atoms with van der Waals surface area (Å²) in [5, 5.41) is 3.43. The molecular formula is C23H33N3O. The van der Waals surface area contributed by atoms with Crippen LogP contribution in [0.1, 0.15) is 57.4 Å². The summed E-state index contributed by atoms with van der Waals surface area (Å²) in [6.45, 7) is 8.91. The first-order chi connectivity index (χ1) is 13.1. The van der Waals surface area contributed by atoms with Gasteiger partial charge in [-0.3, -0.25) is 9.78 Å². The number of carbonyl (C=O) groups excluding carboxylic acids is 1. The molecular weight excluding hydrogens is 334 g/mol. The van der Waals surface area contributed by atoms with Crippen LogP contribution in [-0.2, 0) is 11.3 Å². The fourth-order valence-electron chi connectivity index (χ4n) is 4.28. The molecule has 4 nitrogen and oxygen atoms in total. The third-order valence-corrected chi connectivity index (χ3v) is 5.91. The molecule has 1 aromatic rings. The maximum Gasteiger partial charge on any atom is 0.225 e. The maximum absolute atomic E-state index is 12.9. The quantitative estimate of drug-likeness (QED) is 0.756. The molecule has 1 amide bonds. The first kappa shape index (κ1) is 19.7. The molecule has 4 heteroatoms. The number of aromatic nitrogens is 1. The van der Waals surface area contributed by atoms with Crippen LogP contribution in [0.2, 0.25) is 0 Å². The van der Waals surface area contributed by atoms with E-state index >= 15 is 0 Å². The third-order valence-electron chi connectivity index (χ3n) is 5.91. The molecule has 1 aromatic heterocycles. The first-order valence-corrected chi connectivity index (χ1v) is 10.4. The van der Waals surface area contributed by atoms with Crippen LogP contribution in [0.5, 0.6) is 0 Å². The van der Waals surface area contributed by atoms with Crippen LogP contribution in [0.4, 0.5) is 0 Å². The van der Waals surface area contributed by atoms with Crippen molar-refractivity contribution in [3.63, 3.8) is 0 Å². The fraction of sp³-hybridized carbons (Fsp3) is 0.565. The van der Waals surface area contributed by atoms with E-state index in [9.17, 15) is 4.79 Å². The Bertz CT molecular complexity index is 661. The van der Waals surface area contributed by atoms with Gasteiger partial charge in [0.15, 0.2) is 0 Å². The number of amides is 1. The zero-order chi connectivity index (χ0) is 19.1. The Morgan fingerprint density at radius 2 is 2.04 bits per heavy atom. The van der Waals surface area contributed by atoms with Crippen LogP contribution in [0.25, 0.3) is 0 Å². The van der Waals surface area contributed by atoms with Gasteiger partial charge in [0.1, 0.15) is 0 Å². The van der Waals surface area contributed by atoms with Crippen molar-refractivity contribution in [2.45, 2.75) is 58.4 Å². The van der Waals surface area contributed by atoms with Crippen LogP contribution in [0.3, 0.4) is 0 Å². The lowest BCUT2D eigenvalue weighted by Gasteiger charge is -2.36. The highest BCUT2D eigenvalue weighted by Gasteiger charge is 2.30. The van der Waals surface area contributed by atoms with E-state index in [4.69, 9.17) is 0 Å². The van der Waals surface area contributed by atoms with Gasteiger partial charge in [0, 0.05) is 49.6 Å². The van der Waals surface area contributed by atoms with E-state index in [1.807, 2.05) is 12.3 Å². The number of hydrogen-bond donors (Lipinski definition) is 1. The zero-order valence-corrected chi connectivity index (χ0v) is 16.6. The van der Waals surface area contributed by atoms with Crippen molar-refractivity contribution in [2.24, 2.45) is 11.8 Å². The zero-order valence-electron chi connectivity index (χ0n) is 16.6. The number of rotatable bonds is 6. The summed E-state index contributed by atoms with van der Waals surface area (Å²) in [5.74, 6) is 1.04. The number of nitrogens with zero attached hydrogens (tertiary/aromatic N) is 2. The van der Waals surface area contributed by atoms with Crippen molar-refractivity contribution in [2.75, 3.05) is 13.1 Å². The van der Waals surface area contributed by atoms with E-state index in [1.54, 1.807) is 6.20 Å². The Morgan fingerprint density at radius 3 is 2.78 bits per heavy atom. The van der Waals surface area contributed by atoms with Crippen molar-refractivity contribution >= 4 is 5.91 Å². The molecule has 0 radical (unpaired) electrons. The second kappa shape index (κ2) is 9.72. The lowest BCUT2D eigenvalue weighted by molar-refractivity contribution is -0.138. The maximum atomic E-state index is 12.9. The second-order valence-corrected chi connectivity index (χ2v) is 8.08. The minimum Gasteiger partial charge on any atom is -0.384 e. The summed E-state index contributed by atoms with van der Waals surface area (Å²) in [4.78, 5) is 19.1. The van der Waals surface area contributed by atoms with E-state index in [-0.39, 0.29) is 5.92 Å². The molecule has 1 N–H and O–H groups in total. The highest BCUT2D eigenvalue weighted by molar-refractivity contribution is 5.79. The van der Waals surface area contributed by atoms with Crippen LogP contribution < -0.4 is 5.32 Å². The Balaban J connectivity index is 1.51. The van der Waals surface area contributed by atoms with Gasteiger partial charge in [-0.25, -0.2) is 0 Å². The molecule has 2 heterocycles. The molecule has 1 aliphatic carbocycles. The summed E-state index contributed by atoms with van der Waals surface area (Å²) >= 11 is 0. The summed E-state index contributed by atoms with van der Waals surface area (Å²) in [6.07, 6.45) is 13.9. The molecule has 27 heavy (non-hydrogen) atoms. The van der Waals surface area contributed by atoms with Crippen molar-refractivity contribution < 1.29 is 4.79 Å². The highest BCUT2D eigenvalue weighted by Crippen LogP contribution is 2.29. The molecule has 0 aromatic carbocycles. The van der Waals surface area contributed by atoms with Gasteiger partial charge in [-0.05, 0) is 55.9 Å². The Hall–Kier alpha value is -2.10. The lowest BCUT2D eigenvalue weighted by Crippen LogP contribution is -2.43. The fourth-order valence-corrected chi connectivity index (χ4v) is 4.28. The van der Waals surface area contributed by atoms with Gasteiger partial charge in [0.25, 0.3) is 0 Å². The van der Waals surface area contributed by atoms with Crippen LogP contribution in [0, 0.1) is 11.8 Å². The molecule has 2 aliphatic rings. The van der Waals surface area contributed by atoms with Gasteiger partial charge in [-0.2, -0.15) is 0 Å². The van der Waals surface area contributed by atoms with Gasteiger partial charge in [-0.15, -0.1) is 0 Å². The Labute approximate surface area is 163 Å². The highest BCUT2D eigenvalue weighted by atomic mass is 16.2. The molecule has 0 bridgehead atoms. The monoisotopic (exact) mass is 367 g/mol. The van der Waals surface area contributed by atoms with Crippen molar-refractivity contribution in [1.82, 2.24) is 15.2 Å². The van der Waals surface area contributed by atoms with Gasteiger partial charge in [-0.1, -0.05) is 31.9 Å². The van der Waals surface area contributed by atoms with Crippen molar-refractivity contribution in [1.29, 1.82) is 0 Å². The van der Waals surface area contributed by atoms with Crippen LogP contribution in [0.15, 0.2) is 48.5 Å². The number of nitrogens with one attached hydrogen (secondary N) is 1. The molecule has 1 unspecified atom stereocenters. The summed E-state index contributed by atoms with van der Waals surface area (Å²) in [7, 11) is 0. The molecule has 2 fully saturated rings. The van der Waals surface area contributed by atoms with Gasteiger partial charge < -0.3 is 10.2 Å². The molecule has 1 saturated carbocycles. The molecule has 1 atom stereocenters. The average Bonchev–Trinajstić information content (AvgIpc) is 2.73. The number of piperidine rings is 1. The lowest BCUT2D eigenvalue weighted by atomic mass is 9.86. The number of hydrogen-bond acceptors (Lipinski definition) is 3. The van der Waals surface area contributed by atoms with Crippen molar-refractivity contribution in [3.8, 4) is 0 Å². The van der Waals surface area contributed by atoms with E-state index in [2.05, 4.69) is 40.8 Å². The normalized spacial score (nSPS) is 21.7. The minimum absolute atomic E-state index is 0.268. The third kappa shape index (κ3) is 5.69. The number of pyridine rings is 1. The van der Waals surface area contributed by atoms with E-state index in [0.29, 0.717) is 11.8 Å². The van der Waals surface area contributed by atoms with E-state index in [1.165, 1.54) is 19.3 Å². The van der Waals surface area contributed by atoms with Gasteiger partial charge >= 0.3 is 0 Å². The minimum atomic E-state index is 0.268. The summed E-state index contributed by atoms with van der Waals surface area (Å²) in [6, 6.07) is 4.02. The predicted octanol–water partition coefficient (Wildman–Crippen LogP) is 4.45. The topological polar surface area (TPSA) is 45.2 Å². The SMILES string of the molecule is C=C(/C=C(\C)NCc1cccnc1)C1CCCN(C(=O)C2CCCCC2)C1. The molecule has 0 spiro atoms.